The summed E-state index contributed by atoms with van der Waals surface area (Å²) in [4.78, 5) is 6.12. The fourth-order valence-corrected chi connectivity index (χ4v) is 3.02. The quantitative estimate of drug-likeness (QED) is 0.738. The number of aromatic nitrogens is 5. The third-order valence-corrected chi connectivity index (χ3v) is 4.69. The molecule has 1 saturated carbocycles. The zero-order valence-electron chi connectivity index (χ0n) is 14.2. The summed E-state index contributed by atoms with van der Waals surface area (Å²) in [5, 5.41) is 12.4. The van der Waals surface area contributed by atoms with Crippen LogP contribution in [0.25, 0.3) is 0 Å². The van der Waals surface area contributed by atoms with E-state index in [2.05, 4.69) is 65.4 Å². The minimum atomic E-state index is -0.0876. The molecule has 1 aromatic carbocycles. The summed E-state index contributed by atoms with van der Waals surface area (Å²) < 4.78 is 5.40. The summed E-state index contributed by atoms with van der Waals surface area (Å²) in [6.45, 7) is 7.08. The van der Waals surface area contributed by atoms with E-state index >= 15 is 0 Å². The van der Waals surface area contributed by atoms with Gasteiger partial charge in [0.15, 0.2) is 5.82 Å². The fraction of sp³-hybridized carbons (Fsp3) is 0.444. The van der Waals surface area contributed by atoms with Gasteiger partial charge in [-0.1, -0.05) is 50.2 Å². The van der Waals surface area contributed by atoms with E-state index in [4.69, 9.17) is 4.52 Å². The molecule has 1 aliphatic carbocycles. The van der Waals surface area contributed by atoms with E-state index in [-0.39, 0.29) is 10.8 Å². The van der Waals surface area contributed by atoms with Gasteiger partial charge in [-0.05, 0) is 29.4 Å². The molecule has 2 aromatic heterocycles. The van der Waals surface area contributed by atoms with Gasteiger partial charge in [0.05, 0.1) is 17.8 Å². The lowest BCUT2D eigenvalue weighted by atomic mass is 9.85. The number of hydrogen-bond donors (Lipinski definition) is 0. The van der Waals surface area contributed by atoms with Crippen LogP contribution in [0.2, 0.25) is 0 Å². The first kappa shape index (κ1) is 15.1. The van der Waals surface area contributed by atoms with Crippen LogP contribution in [0.3, 0.4) is 0 Å². The Morgan fingerprint density at radius 3 is 2.33 bits per heavy atom. The molecule has 0 amide bonds. The summed E-state index contributed by atoms with van der Waals surface area (Å²) in [7, 11) is 0. The molecule has 6 heteroatoms. The standard InChI is InChI=1S/C18H21N5O/c1-17(2,3)13-4-6-14(7-5-13)18(8-9-18)16-21-15(24-22-16)12-23-19-10-11-20-23/h4-7,10-11H,8-9,12H2,1-3H3. The second kappa shape index (κ2) is 5.26. The minimum Gasteiger partial charge on any atom is -0.337 e. The van der Waals surface area contributed by atoms with E-state index in [0.717, 1.165) is 18.7 Å². The second-order valence-electron chi connectivity index (χ2n) is 7.48. The highest BCUT2D eigenvalue weighted by molar-refractivity contribution is 5.41. The van der Waals surface area contributed by atoms with Gasteiger partial charge in [0.25, 0.3) is 0 Å². The van der Waals surface area contributed by atoms with E-state index < -0.39 is 0 Å². The summed E-state index contributed by atoms with van der Waals surface area (Å²) in [5.41, 5.74) is 2.67. The predicted octanol–water partition coefficient (Wildman–Crippen LogP) is 3.09. The molecule has 0 saturated heterocycles. The third-order valence-electron chi connectivity index (χ3n) is 4.69. The van der Waals surface area contributed by atoms with E-state index in [1.807, 2.05) is 0 Å². The lowest BCUT2D eigenvalue weighted by Crippen LogP contribution is -2.14. The van der Waals surface area contributed by atoms with Gasteiger partial charge < -0.3 is 4.52 Å². The number of rotatable bonds is 4. The molecule has 0 spiro atoms. The van der Waals surface area contributed by atoms with Crippen molar-refractivity contribution in [2.24, 2.45) is 0 Å². The van der Waals surface area contributed by atoms with Crippen molar-refractivity contribution in [2.75, 3.05) is 0 Å². The van der Waals surface area contributed by atoms with Crippen LogP contribution >= 0.6 is 0 Å². The first-order valence-corrected chi connectivity index (χ1v) is 8.26. The maximum Gasteiger partial charge on any atom is 0.250 e. The zero-order chi connectivity index (χ0) is 16.8. The van der Waals surface area contributed by atoms with Gasteiger partial charge in [-0.2, -0.15) is 20.0 Å². The largest absolute Gasteiger partial charge is 0.337 e. The Morgan fingerprint density at radius 1 is 1.08 bits per heavy atom. The summed E-state index contributed by atoms with van der Waals surface area (Å²) in [6.07, 6.45) is 5.38. The molecule has 24 heavy (non-hydrogen) atoms. The lowest BCUT2D eigenvalue weighted by molar-refractivity contribution is 0.352. The van der Waals surface area contributed by atoms with Crippen molar-refractivity contribution in [3.05, 3.63) is 59.5 Å². The van der Waals surface area contributed by atoms with Crippen LogP contribution < -0.4 is 0 Å². The summed E-state index contributed by atoms with van der Waals surface area (Å²) in [5.74, 6) is 1.31. The molecular weight excluding hydrogens is 302 g/mol. The normalized spacial score (nSPS) is 16.3. The Labute approximate surface area is 140 Å². The van der Waals surface area contributed by atoms with Gasteiger partial charge in [-0.25, -0.2) is 0 Å². The minimum absolute atomic E-state index is 0.0876. The first-order valence-electron chi connectivity index (χ1n) is 8.26. The molecule has 0 N–H and O–H groups in total. The van der Waals surface area contributed by atoms with Crippen molar-refractivity contribution in [2.45, 2.75) is 51.0 Å². The van der Waals surface area contributed by atoms with Gasteiger partial charge in [0.1, 0.15) is 6.54 Å². The Morgan fingerprint density at radius 2 is 1.75 bits per heavy atom. The molecular formula is C18H21N5O. The Bertz CT molecular complexity index is 823. The molecule has 4 rings (SSSR count). The van der Waals surface area contributed by atoms with Crippen molar-refractivity contribution in [3.8, 4) is 0 Å². The van der Waals surface area contributed by atoms with Crippen LogP contribution in [0.1, 0.15) is 56.5 Å². The lowest BCUT2D eigenvalue weighted by Gasteiger charge is -2.20. The predicted molar refractivity (Wildman–Crippen MR) is 88.6 cm³/mol. The van der Waals surface area contributed by atoms with E-state index in [0.29, 0.717) is 12.4 Å². The molecule has 6 nitrogen and oxygen atoms in total. The molecule has 0 radical (unpaired) electrons. The summed E-state index contributed by atoms with van der Waals surface area (Å²) in [6, 6.07) is 8.84. The molecule has 1 fully saturated rings. The third kappa shape index (κ3) is 2.62. The van der Waals surface area contributed by atoms with Crippen molar-refractivity contribution in [1.82, 2.24) is 25.1 Å². The molecule has 1 aliphatic rings. The molecule has 124 valence electrons. The molecule has 3 aromatic rings. The highest BCUT2D eigenvalue weighted by atomic mass is 16.5. The van der Waals surface area contributed by atoms with Crippen molar-refractivity contribution >= 4 is 0 Å². The van der Waals surface area contributed by atoms with E-state index in [1.54, 1.807) is 12.4 Å². The molecule has 0 unspecified atom stereocenters. The highest BCUT2D eigenvalue weighted by Crippen LogP contribution is 2.52. The maximum absolute atomic E-state index is 5.40. The highest BCUT2D eigenvalue weighted by Gasteiger charge is 2.50. The topological polar surface area (TPSA) is 69.6 Å². The SMILES string of the molecule is CC(C)(C)c1ccc(C2(c3noc(Cn4nccn4)n3)CC2)cc1. The van der Waals surface area contributed by atoms with Crippen LogP contribution in [0, 0.1) is 0 Å². The first-order chi connectivity index (χ1) is 11.5. The average molecular weight is 323 g/mol. The van der Waals surface area contributed by atoms with Crippen LogP contribution in [-0.4, -0.2) is 25.1 Å². The molecule has 0 bridgehead atoms. The maximum atomic E-state index is 5.40. The van der Waals surface area contributed by atoms with E-state index in [9.17, 15) is 0 Å². The summed E-state index contributed by atoms with van der Waals surface area (Å²) >= 11 is 0. The zero-order valence-corrected chi connectivity index (χ0v) is 14.2. The number of hydrogen-bond acceptors (Lipinski definition) is 5. The van der Waals surface area contributed by atoms with Gasteiger partial charge in [-0.15, -0.1) is 0 Å². The van der Waals surface area contributed by atoms with Gasteiger partial charge in [0, 0.05) is 0 Å². The van der Waals surface area contributed by atoms with Gasteiger partial charge >= 0.3 is 0 Å². The Balaban J connectivity index is 1.58. The fourth-order valence-electron chi connectivity index (χ4n) is 3.02. The molecule has 0 aliphatic heterocycles. The molecule has 2 heterocycles. The van der Waals surface area contributed by atoms with Crippen LogP contribution in [0.4, 0.5) is 0 Å². The van der Waals surface area contributed by atoms with Crippen LogP contribution in [0.15, 0.2) is 41.2 Å². The smallest absolute Gasteiger partial charge is 0.250 e. The van der Waals surface area contributed by atoms with Crippen molar-refractivity contribution in [3.63, 3.8) is 0 Å². The second-order valence-corrected chi connectivity index (χ2v) is 7.48. The van der Waals surface area contributed by atoms with Gasteiger partial charge in [0.2, 0.25) is 5.89 Å². The Hall–Kier alpha value is -2.50. The Kier molecular flexibility index (Phi) is 3.30. The molecule has 0 atom stereocenters. The number of benzene rings is 1. The number of nitrogens with zero attached hydrogens (tertiary/aromatic N) is 5. The van der Waals surface area contributed by atoms with Crippen LogP contribution in [0.5, 0.6) is 0 Å². The monoisotopic (exact) mass is 323 g/mol. The van der Waals surface area contributed by atoms with Crippen LogP contribution in [-0.2, 0) is 17.4 Å². The van der Waals surface area contributed by atoms with Crippen molar-refractivity contribution in [1.29, 1.82) is 0 Å². The van der Waals surface area contributed by atoms with Gasteiger partial charge in [-0.3, -0.25) is 0 Å². The van der Waals surface area contributed by atoms with Crippen molar-refractivity contribution < 1.29 is 4.52 Å². The van der Waals surface area contributed by atoms with E-state index in [1.165, 1.54) is 15.9 Å². The average Bonchev–Trinajstić information content (AvgIpc) is 2.96.